The number of likely N-dealkylation sites (tertiary alicyclic amines) is 1. The SMILES string of the molecule is c1ccc(CN2CCC(NCc3ccon3)CC2)cc1. The number of nitrogens with zero attached hydrogens (tertiary/aromatic N) is 2. The maximum Gasteiger partial charge on any atom is 0.124 e. The molecule has 0 radical (unpaired) electrons. The summed E-state index contributed by atoms with van der Waals surface area (Å²) >= 11 is 0. The first-order valence-electron chi connectivity index (χ1n) is 7.29. The van der Waals surface area contributed by atoms with Crippen LogP contribution in [0.4, 0.5) is 0 Å². The Balaban J connectivity index is 1.40. The van der Waals surface area contributed by atoms with Crippen molar-refractivity contribution < 1.29 is 4.52 Å². The first kappa shape index (κ1) is 13.3. The number of hydrogen-bond donors (Lipinski definition) is 1. The fourth-order valence-corrected chi connectivity index (χ4v) is 2.71. The molecular weight excluding hydrogens is 250 g/mol. The number of hydrogen-bond acceptors (Lipinski definition) is 4. The van der Waals surface area contributed by atoms with E-state index in [9.17, 15) is 0 Å². The lowest BCUT2D eigenvalue weighted by Crippen LogP contribution is -2.41. The molecule has 1 saturated heterocycles. The number of piperidine rings is 1. The first-order valence-corrected chi connectivity index (χ1v) is 7.29. The second kappa shape index (κ2) is 6.68. The monoisotopic (exact) mass is 271 g/mol. The van der Waals surface area contributed by atoms with E-state index in [1.807, 2.05) is 6.07 Å². The summed E-state index contributed by atoms with van der Waals surface area (Å²) < 4.78 is 4.84. The van der Waals surface area contributed by atoms with Gasteiger partial charge in [0.05, 0.1) is 5.69 Å². The number of rotatable bonds is 5. The summed E-state index contributed by atoms with van der Waals surface area (Å²) in [5, 5.41) is 7.48. The quantitative estimate of drug-likeness (QED) is 0.907. The second-order valence-electron chi connectivity index (χ2n) is 5.41. The van der Waals surface area contributed by atoms with Crippen molar-refractivity contribution in [1.82, 2.24) is 15.4 Å². The molecule has 0 aliphatic carbocycles. The zero-order valence-electron chi connectivity index (χ0n) is 11.7. The van der Waals surface area contributed by atoms with Crippen LogP contribution in [0.3, 0.4) is 0 Å². The van der Waals surface area contributed by atoms with E-state index in [0.717, 1.165) is 31.9 Å². The number of aromatic nitrogens is 1. The van der Waals surface area contributed by atoms with Crippen molar-refractivity contribution in [1.29, 1.82) is 0 Å². The van der Waals surface area contributed by atoms with Crippen LogP contribution in [0.2, 0.25) is 0 Å². The standard InChI is InChI=1S/C16H21N3O/c1-2-4-14(5-3-1)13-19-9-6-15(7-10-19)17-12-16-8-11-20-18-16/h1-5,8,11,15,17H,6-7,9-10,12-13H2. The summed E-state index contributed by atoms with van der Waals surface area (Å²) in [6.07, 6.45) is 4.02. The Morgan fingerprint density at radius 1 is 1.15 bits per heavy atom. The van der Waals surface area contributed by atoms with Crippen molar-refractivity contribution in [2.75, 3.05) is 13.1 Å². The molecule has 0 saturated carbocycles. The van der Waals surface area contributed by atoms with Crippen LogP contribution in [0.15, 0.2) is 47.2 Å². The largest absolute Gasteiger partial charge is 0.364 e. The summed E-state index contributed by atoms with van der Waals surface area (Å²) in [7, 11) is 0. The van der Waals surface area contributed by atoms with Gasteiger partial charge in [-0.2, -0.15) is 0 Å². The topological polar surface area (TPSA) is 41.3 Å². The van der Waals surface area contributed by atoms with Crippen molar-refractivity contribution in [2.45, 2.75) is 32.0 Å². The molecule has 4 nitrogen and oxygen atoms in total. The van der Waals surface area contributed by atoms with Crippen molar-refractivity contribution in [3.8, 4) is 0 Å². The number of nitrogens with one attached hydrogen (secondary N) is 1. The van der Waals surface area contributed by atoms with Gasteiger partial charge in [0.1, 0.15) is 6.26 Å². The summed E-state index contributed by atoms with van der Waals surface area (Å²) in [5.41, 5.74) is 2.39. The zero-order valence-corrected chi connectivity index (χ0v) is 11.7. The van der Waals surface area contributed by atoms with E-state index in [-0.39, 0.29) is 0 Å². The van der Waals surface area contributed by atoms with E-state index in [4.69, 9.17) is 4.52 Å². The normalized spacial score (nSPS) is 17.4. The van der Waals surface area contributed by atoms with Gasteiger partial charge < -0.3 is 9.84 Å². The second-order valence-corrected chi connectivity index (χ2v) is 5.41. The van der Waals surface area contributed by atoms with Crippen LogP contribution in [0.5, 0.6) is 0 Å². The minimum absolute atomic E-state index is 0.596. The molecule has 1 aliphatic heterocycles. The molecule has 4 heteroatoms. The molecule has 0 atom stereocenters. The van der Waals surface area contributed by atoms with Gasteiger partial charge in [-0.3, -0.25) is 4.90 Å². The van der Waals surface area contributed by atoms with Crippen LogP contribution < -0.4 is 5.32 Å². The van der Waals surface area contributed by atoms with Crippen LogP contribution in [-0.4, -0.2) is 29.2 Å². The van der Waals surface area contributed by atoms with Gasteiger partial charge >= 0.3 is 0 Å². The zero-order chi connectivity index (χ0) is 13.6. The Kier molecular flexibility index (Phi) is 4.46. The molecule has 1 aromatic carbocycles. The first-order chi connectivity index (χ1) is 9.90. The predicted molar refractivity (Wildman–Crippen MR) is 78.1 cm³/mol. The predicted octanol–water partition coefficient (Wildman–Crippen LogP) is 2.43. The van der Waals surface area contributed by atoms with Crippen LogP contribution in [0, 0.1) is 0 Å². The van der Waals surface area contributed by atoms with Crippen molar-refractivity contribution in [3.05, 3.63) is 53.9 Å². The van der Waals surface area contributed by atoms with Crippen LogP contribution in [-0.2, 0) is 13.1 Å². The highest BCUT2D eigenvalue weighted by Gasteiger charge is 2.18. The molecule has 2 heterocycles. The van der Waals surface area contributed by atoms with Gasteiger partial charge in [-0.1, -0.05) is 35.5 Å². The van der Waals surface area contributed by atoms with E-state index in [1.165, 1.54) is 18.4 Å². The summed E-state index contributed by atoms with van der Waals surface area (Å²) in [4.78, 5) is 2.53. The van der Waals surface area contributed by atoms with E-state index in [0.29, 0.717) is 6.04 Å². The van der Waals surface area contributed by atoms with Gasteiger partial charge in [0.25, 0.3) is 0 Å². The molecule has 0 amide bonds. The average Bonchev–Trinajstić information content (AvgIpc) is 3.01. The van der Waals surface area contributed by atoms with Crippen molar-refractivity contribution in [2.24, 2.45) is 0 Å². The van der Waals surface area contributed by atoms with Gasteiger partial charge in [0.2, 0.25) is 0 Å². The molecular formula is C16H21N3O. The molecule has 1 aromatic heterocycles. The van der Waals surface area contributed by atoms with Gasteiger partial charge in [-0.05, 0) is 31.5 Å². The van der Waals surface area contributed by atoms with Gasteiger partial charge in [0.15, 0.2) is 0 Å². The smallest absolute Gasteiger partial charge is 0.124 e. The van der Waals surface area contributed by atoms with Crippen molar-refractivity contribution in [3.63, 3.8) is 0 Å². The Morgan fingerprint density at radius 3 is 2.65 bits per heavy atom. The maximum atomic E-state index is 4.84. The Morgan fingerprint density at radius 2 is 1.95 bits per heavy atom. The van der Waals surface area contributed by atoms with Gasteiger partial charge in [0, 0.05) is 25.2 Å². The van der Waals surface area contributed by atoms with E-state index < -0.39 is 0 Å². The highest BCUT2D eigenvalue weighted by Crippen LogP contribution is 2.14. The molecule has 1 aliphatic rings. The average molecular weight is 271 g/mol. The van der Waals surface area contributed by atoms with Crippen LogP contribution >= 0.6 is 0 Å². The Labute approximate surface area is 119 Å². The van der Waals surface area contributed by atoms with E-state index in [2.05, 4.69) is 45.7 Å². The molecule has 3 rings (SSSR count). The molecule has 106 valence electrons. The van der Waals surface area contributed by atoms with E-state index >= 15 is 0 Å². The maximum absolute atomic E-state index is 4.84. The molecule has 20 heavy (non-hydrogen) atoms. The van der Waals surface area contributed by atoms with Gasteiger partial charge in [-0.15, -0.1) is 0 Å². The lowest BCUT2D eigenvalue weighted by Gasteiger charge is -2.32. The highest BCUT2D eigenvalue weighted by atomic mass is 16.5. The lowest BCUT2D eigenvalue weighted by molar-refractivity contribution is 0.189. The molecule has 0 unspecified atom stereocenters. The van der Waals surface area contributed by atoms with E-state index in [1.54, 1.807) is 6.26 Å². The Hall–Kier alpha value is -1.65. The fourth-order valence-electron chi connectivity index (χ4n) is 2.71. The summed E-state index contributed by atoms with van der Waals surface area (Å²) in [5.74, 6) is 0. The van der Waals surface area contributed by atoms with Crippen molar-refractivity contribution >= 4 is 0 Å². The third-order valence-corrected chi connectivity index (χ3v) is 3.90. The van der Waals surface area contributed by atoms with Crippen LogP contribution in [0.1, 0.15) is 24.1 Å². The summed E-state index contributed by atoms with van der Waals surface area (Å²) in [6.45, 7) is 4.19. The molecule has 0 spiro atoms. The third-order valence-electron chi connectivity index (χ3n) is 3.90. The van der Waals surface area contributed by atoms with Gasteiger partial charge in [-0.25, -0.2) is 0 Å². The fraction of sp³-hybridized carbons (Fsp3) is 0.438. The minimum Gasteiger partial charge on any atom is -0.364 e. The molecule has 0 bridgehead atoms. The highest BCUT2D eigenvalue weighted by molar-refractivity contribution is 5.14. The van der Waals surface area contributed by atoms with Crippen LogP contribution in [0.25, 0.3) is 0 Å². The molecule has 2 aromatic rings. The Bertz CT molecular complexity index is 490. The molecule has 1 N–H and O–H groups in total. The number of benzene rings is 1. The molecule has 1 fully saturated rings. The summed E-state index contributed by atoms with van der Waals surface area (Å²) in [6, 6.07) is 13.2. The minimum atomic E-state index is 0.596. The lowest BCUT2D eigenvalue weighted by atomic mass is 10.0. The third kappa shape index (κ3) is 3.68.